The number of aromatic nitrogens is 2. The number of halogens is 3. The number of likely N-dealkylation sites (N-methyl/N-ethyl adjacent to an activating group) is 1. The van der Waals surface area contributed by atoms with Gasteiger partial charge in [0, 0.05) is 35.5 Å². The molecule has 0 atom stereocenters. The molecule has 40 heavy (non-hydrogen) atoms. The van der Waals surface area contributed by atoms with Gasteiger partial charge in [-0.05, 0) is 64.8 Å². The van der Waals surface area contributed by atoms with Crippen molar-refractivity contribution < 1.29 is 24.1 Å². The third-order valence-corrected chi connectivity index (χ3v) is 8.02. The van der Waals surface area contributed by atoms with Crippen LogP contribution in [0.25, 0.3) is 11.7 Å². The Labute approximate surface area is 248 Å². The zero-order valence-corrected chi connectivity index (χ0v) is 24.5. The predicted octanol–water partition coefficient (Wildman–Crippen LogP) is 5.91. The van der Waals surface area contributed by atoms with Gasteiger partial charge >= 0.3 is 0 Å². The highest BCUT2D eigenvalue weighted by Crippen LogP contribution is 2.35. The Morgan fingerprint density at radius 1 is 1.25 bits per heavy atom. The molecule has 3 heterocycles. The minimum absolute atomic E-state index is 0.0537. The molecular formula is C28H23BrCl2N4O5. The molecule has 9 nitrogen and oxygen atoms in total. The molecule has 1 N–H and O–H groups in total. The normalized spacial score (nSPS) is 12.4. The van der Waals surface area contributed by atoms with E-state index in [1.54, 1.807) is 37.4 Å². The molecule has 4 aromatic rings. The number of carbonyl (C=O) groups excluding carboxylic acids is 2. The van der Waals surface area contributed by atoms with Crippen LogP contribution in [0.4, 0.5) is 5.69 Å². The third kappa shape index (κ3) is 5.80. The van der Waals surface area contributed by atoms with Crippen molar-refractivity contribution in [1.82, 2.24) is 14.7 Å². The molecule has 0 aliphatic carbocycles. The monoisotopic (exact) mass is 644 g/mol. The maximum absolute atomic E-state index is 12.9. The summed E-state index contributed by atoms with van der Waals surface area (Å²) in [5, 5.41) is 3.25. The molecule has 0 bridgehead atoms. The Morgan fingerprint density at radius 3 is 2.90 bits per heavy atom. The number of hydrogen-bond donors (Lipinski definition) is 1. The van der Waals surface area contributed by atoms with E-state index in [4.69, 9.17) is 37.7 Å². The highest BCUT2D eigenvalue weighted by Gasteiger charge is 2.20. The summed E-state index contributed by atoms with van der Waals surface area (Å²) < 4.78 is 8.75. The SMILES string of the molecule is Cc1nc2c(OCc3c(Cl)ccc(N(C)C(=O)CNC(=O)/C=C/c4ccc5c(c4)OOC5)c3Cl)cccn2c1Br. The van der Waals surface area contributed by atoms with E-state index in [1.807, 2.05) is 35.7 Å². The van der Waals surface area contributed by atoms with Crippen molar-refractivity contribution in [2.75, 3.05) is 18.5 Å². The van der Waals surface area contributed by atoms with E-state index >= 15 is 0 Å². The zero-order valence-electron chi connectivity index (χ0n) is 21.4. The number of nitrogens with zero attached hydrogens (tertiary/aromatic N) is 3. The maximum Gasteiger partial charge on any atom is 0.246 e. The van der Waals surface area contributed by atoms with Gasteiger partial charge in [-0.15, -0.1) is 0 Å². The van der Waals surface area contributed by atoms with E-state index in [-0.39, 0.29) is 24.1 Å². The van der Waals surface area contributed by atoms with E-state index < -0.39 is 5.91 Å². The first-order chi connectivity index (χ1) is 19.2. The first-order valence-electron chi connectivity index (χ1n) is 12.1. The average molecular weight is 646 g/mol. The Hall–Kier alpha value is -3.57. The van der Waals surface area contributed by atoms with Gasteiger partial charge in [0.1, 0.15) is 17.8 Å². The molecule has 0 radical (unpaired) electrons. The molecule has 2 aromatic carbocycles. The molecule has 0 saturated heterocycles. The maximum atomic E-state index is 12.9. The highest BCUT2D eigenvalue weighted by molar-refractivity contribution is 9.10. The number of aryl methyl sites for hydroxylation is 1. The minimum Gasteiger partial charge on any atom is -0.485 e. The van der Waals surface area contributed by atoms with Crippen molar-refractivity contribution in [1.29, 1.82) is 0 Å². The number of hydrogen-bond acceptors (Lipinski definition) is 6. The lowest BCUT2D eigenvalue weighted by Crippen LogP contribution is -2.37. The number of ether oxygens (including phenoxy) is 1. The number of rotatable bonds is 8. The van der Waals surface area contributed by atoms with Gasteiger partial charge in [0.05, 0.1) is 22.9 Å². The largest absolute Gasteiger partial charge is 0.485 e. The Kier molecular flexibility index (Phi) is 8.32. The van der Waals surface area contributed by atoms with Crippen LogP contribution in [-0.4, -0.2) is 34.8 Å². The second-order valence-corrected chi connectivity index (χ2v) is 10.5. The lowest BCUT2D eigenvalue weighted by molar-refractivity contribution is -0.194. The number of imidazole rings is 1. The van der Waals surface area contributed by atoms with E-state index in [0.29, 0.717) is 40.0 Å². The van der Waals surface area contributed by atoms with Crippen molar-refractivity contribution in [3.63, 3.8) is 0 Å². The third-order valence-electron chi connectivity index (χ3n) is 6.28. The van der Waals surface area contributed by atoms with Gasteiger partial charge in [-0.1, -0.05) is 35.3 Å². The van der Waals surface area contributed by atoms with Crippen molar-refractivity contribution in [2.24, 2.45) is 0 Å². The molecule has 5 rings (SSSR count). The van der Waals surface area contributed by atoms with Gasteiger partial charge in [0.25, 0.3) is 0 Å². The second-order valence-electron chi connectivity index (χ2n) is 8.92. The topological polar surface area (TPSA) is 94.4 Å². The summed E-state index contributed by atoms with van der Waals surface area (Å²) in [6.07, 6.45) is 4.84. The number of benzene rings is 2. The van der Waals surface area contributed by atoms with E-state index in [9.17, 15) is 9.59 Å². The van der Waals surface area contributed by atoms with Crippen LogP contribution >= 0.6 is 39.1 Å². The van der Waals surface area contributed by atoms with Crippen LogP contribution < -0.4 is 19.8 Å². The van der Waals surface area contributed by atoms with Gasteiger partial charge < -0.3 is 19.8 Å². The second kappa shape index (κ2) is 11.9. The smallest absolute Gasteiger partial charge is 0.246 e. The summed E-state index contributed by atoms with van der Waals surface area (Å²) in [6, 6.07) is 12.4. The number of nitrogens with one attached hydrogen (secondary N) is 1. The standard InChI is InChI=1S/C28H23BrCl2N4O5/c1-16-27(29)35-11-3-4-22(28(35)33-16)38-15-19-20(30)8-9-21(26(19)31)34(2)25(37)13-32-24(36)10-6-17-5-7-18-14-39-40-23(18)12-17/h3-12H,13-15H2,1-2H3,(H,32,36)/b10-6+. The molecule has 0 saturated carbocycles. The fourth-order valence-electron chi connectivity index (χ4n) is 4.04. The Morgan fingerprint density at radius 2 is 2.08 bits per heavy atom. The molecule has 0 fully saturated rings. The van der Waals surface area contributed by atoms with Gasteiger partial charge in [0.2, 0.25) is 11.8 Å². The molecular weight excluding hydrogens is 623 g/mol. The molecule has 2 aromatic heterocycles. The first kappa shape index (κ1) is 28.0. The molecule has 1 aliphatic rings. The molecule has 0 spiro atoms. The van der Waals surface area contributed by atoms with Crippen molar-refractivity contribution in [2.45, 2.75) is 20.1 Å². The highest BCUT2D eigenvalue weighted by atomic mass is 79.9. The fraction of sp³-hybridized carbons (Fsp3) is 0.179. The van der Waals surface area contributed by atoms with Crippen LogP contribution in [0.2, 0.25) is 10.0 Å². The van der Waals surface area contributed by atoms with Crippen LogP contribution in [0.3, 0.4) is 0 Å². The first-order valence-corrected chi connectivity index (χ1v) is 13.7. The van der Waals surface area contributed by atoms with Crippen LogP contribution in [0.1, 0.15) is 22.4 Å². The zero-order chi connectivity index (χ0) is 28.4. The van der Waals surface area contributed by atoms with Crippen LogP contribution in [0, 0.1) is 6.92 Å². The Bertz CT molecular complexity index is 1660. The van der Waals surface area contributed by atoms with Crippen molar-refractivity contribution in [3.8, 4) is 11.5 Å². The summed E-state index contributed by atoms with van der Waals surface area (Å²) in [7, 11) is 1.57. The van der Waals surface area contributed by atoms with E-state index in [2.05, 4.69) is 26.2 Å². The van der Waals surface area contributed by atoms with Gasteiger partial charge in [0.15, 0.2) is 17.1 Å². The van der Waals surface area contributed by atoms with Crippen LogP contribution in [0.5, 0.6) is 11.5 Å². The summed E-state index contributed by atoms with van der Waals surface area (Å²) >= 11 is 16.6. The Balaban J connectivity index is 1.22. The van der Waals surface area contributed by atoms with Crippen molar-refractivity contribution >= 4 is 68.4 Å². The van der Waals surface area contributed by atoms with Gasteiger partial charge in [-0.2, -0.15) is 4.89 Å². The minimum atomic E-state index is -0.425. The average Bonchev–Trinajstić information content (AvgIpc) is 3.54. The number of fused-ring (bicyclic) bond motifs is 2. The number of carbonyl (C=O) groups is 2. The quantitative estimate of drug-likeness (QED) is 0.189. The lowest BCUT2D eigenvalue weighted by Gasteiger charge is -2.21. The van der Waals surface area contributed by atoms with Crippen LogP contribution in [0.15, 0.2) is 59.3 Å². The lowest BCUT2D eigenvalue weighted by atomic mass is 10.1. The van der Waals surface area contributed by atoms with E-state index in [0.717, 1.165) is 21.4 Å². The number of pyridine rings is 1. The summed E-state index contributed by atoms with van der Waals surface area (Å²) in [4.78, 5) is 41.1. The number of amides is 2. The van der Waals surface area contributed by atoms with Crippen molar-refractivity contribution in [3.05, 3.63) is 91.8 Å². The molecule has 1 aliphatic heterocycles. The molecule has 0 unspecified atom stereocenters. The molecule has 12 heteroatoms. The predicted molar refractivity (Wildman–Crippen MR) is 156 cm³/mol. The van der Waals surface area contributed by atoms with E-state index in [1.165, 1.54) is 11.0 Å². The van der Waals surface area contributed by atoms with Gasteiger partial charge in [-0.3, -0.25) is 14.0 Å². The number of anilines is 1. The van der Waals surface area contributed by atoms with Gasteiger partial charge in [-0.25, -0.2) is 4.98 Å². The summed E-state index contributed by atoms with van der Waals surface area (Å²) in [6.45, 7) is 2.10. The molecule has 2 amide bonds. The fourth-order valence-corrected chi connectivity index (χ4v) is 5.02. The van der Waals surface area contributed by atoms with Crippen LogP contribution in [-0.2, 0) is 27.7 Å². The summed E-state index contributed by atoms with van der Waals surface area (Å²) in [5.41, 5.74) is 4.11. The summed E-state index contributed by atoms with van der Waals surface area (Å²) in [5.74, 6) is 0.370. The molecule has 206 valence electrons.